The van der Waals surface area contributed by atoms with Crippen molar-refractivity contribution in [2.24, 2.45) is 0 Å². The summed E-state index contributed by atoms with van der Waals surface area (Å²) in [4.78, 5) is 15.9. The monoisotopic (exact) mass is 287 g/mol. The topological polar surface area (TPSA) is 55.6 Å². The van der Waals surface area contributed by atoms with Crippen LogP contribution in [0.3, 0.4) is 0 Å². The van der Waals surface area contributed by atoms with E-state index in [1.54, 1.807) is 17.5 Å². The van der Waals surface area contributed by atoms with Gasteiger partial charge in [-0.1, -0.05) is 6.92 Å². The fourth-order valence-electron chi connectivity index (χ4n) is 2.15. The zero-order valence-corrected chi connectivity index (χ0v) is 12.7. The number of anilines is 1. The van der Waals surface area contributed by atoms with Crippen LogP contribution in [0, 0.1) is 6.92 Å². The van der Waals surface area contributed by atoms with E-state index in [-0.39, 0.29) is 0 Å². The normalized spacial score (nSPS) is 11.2. The number of hydrogen-bond acceptors (Lipinski definition) is 5. The van der Waals surface area contributed by atoms with E-state index in [0.717, 1.165) is 34.8 Å². The van der Waals surface area contributed by atoms with Crippen molar-refractivity contribution in [3.63, 3.8) is 0 Å². The quantitative estimate of drug-likeness (QED) is 0.800. The highest BCUT2D eigenvalue weighted by Crippen LogP contribution is 2.29. The van der Waals surface area contributed by atoms with Crippen molar-refractivity contribution in [3.05, 3.63) is 29.2 Å². The van der Waals surface area contributed by atoms with Crippen LogP contribution in [0.4, 0.5) is 5.95 Å². The number of imidazole rings is 1. The van der Waals surface area contributed by atoms with Crippen molar-refractivity contribution in [3.8, 4) is 5.82 Å². The first-order chi connectivity index (χ1) is 9.72. The molecule has 0 amide bonds. The number of rotatable bonds is 4. The van der Waals surface area contributed by atoms with Crippen LogP contribution in [-0.4, -0.2) is 26.1 Å². The summed E-state index contributed by atoms with van der Waals surface area (Å²) in [7, 11) is 0. The third-order valence-electron chi connectivity index (χ3n) is 3.16. The molecular formula is C14H17N5S. The van der Waals surface area contributed by atoms with Gasteiger partial charge in [-0.15, -0.1) is 11.3 Å². The summed E-state index contributed by atoms with van der Waals surface area (Å²) in [6.45, 7) is 6.99. The first-order valence-corrected chi connectivity index (χ1v) is 7.59. The molecule has 3 rings (SSSR count). The number of nitrogens with one attached hydrogen (secondary N) is 1. The first-order valence-electron chi connectivity index (χ1n) is 6.77. The number of fused-ring (bicyclic) bond motifs is 1. The minimum absolute atomic E-state index is 0.674. The average molecular weight is 287 g/mol. The molecule has 0 aliphatic heterocycles. The maximum atomic E-state index is 4.65. The number of aryl methyl sites for hydroxylation is 2. The van der Waals surface area contributed by atoms with Crippen LogP contribution in [0.5, 0.6) is 0 Å². The molecule has 3 aromatic heterocycles. The zero-order valence-electron chi connectivity index (χ0n) is 11.8. The number of nitrogens with zero attached hydrogens (tertiary/aromatic N) is 4. The molecule has 5 nitrogen and oxygen atoms in total. The lowest BCUT2D eigenvalue weighted by Crippen LogP contribution is -2.06. The molecule has 3 aromatic rings. The summed E-state index contributed by atoms with van der Waals surface area (Å²) in [6.07, 6.45) is 4.75. The molecule has 0 radical (unpaired) electrons. The zero-order chi connectivity index (χ0) is 14.1. The van der Waals surface area contributed by atoms with Gasteiger partial charge < -0.3 is 5.32 Å². The van der Waals surface area contributed by atoms with Crippen LogP contribution in [0.2, 0.25) is 0 Å². The van der Waals surface area contributed by atoms with Gasteiger partial charge in [-0.3, -0.25) is 4.57 Å². The van der Waals surface area contributed by atoms with Crippen molar-refractivity contribution in [1.82, 2.24) is 19.5 Å². The molecule has 0 aliphatic rings. The van der Waals surface area contributed by atoms with Gasteiger partial charge in [0.1, 0.15) is 10.7 Å². The van der Waals surface area contributed by atoms with Crippen LogP contribution < -0.4 is 5.32 Å². The van der Waals surface area contributed by atoms with Crippen LogP contribution in [0.1, 0.15) is 24.5 Å². The summed E-state index contributed by atoms with van der Waals surface area (Å²) in [5.74, 6) is 2.50. The molecule has 104 valence electrons. The second-order valence-electron chi connectivity index (χ2n) is 4.53. The fourth-order valence-corrected chi connectivity index (χ4v) is 3.11. The maximum Gasteiger partial charge on any atom is 0.226 e. The summed E-state index contributed by atoms with van der Waals surface area (Å²) in [5, 5.41) is 4.29. The van der Waals surface area contributed by atoms with Crippen molar-refractivity contribution >= 4 is 27.5 Å². The SMILES string of the molecule is CCNc1nc(-n2ccnc2C)c2cc(CC)sc2n1. The Morgan fingerprint density at radius 2 is 2.15 bits per heavy atom. The highest BCUT2D eigenvalue weighted by Gasteiger charge is 2.13. The molecule has 20 heavy (non-hydrogen) atoms. The van der Waals surface area contributed by atoms with E-state index >= 15 is 0 Å². The molecule has 0 unspecified atom stereocenters. The van der Waals surface area contributed by atoms with Crippen LogP contribution in [-0.2, 0) is 6.42 Å². The lowest BCUT2D eigenvalue weighted by Gasteiger charge is -2.08. The molecule has 0 atom stereocenters. The maximum absolute atomic E-state index is 4.65. The average Bonchev–Trinajstić information content (AvgIpc) is 3.04. The smallest absolute Gasteiger partial charge is 0.226 e. The number of aromatic nitrogens is 4. The highest BCUT2D eigenvalue weighted by atomic mass is 32.1. The summed E-state index contributed by atoms with van der Waals surface area (Å²) < 4.78 is 2.01. The predicted octanol–water partition coefficient (Wildman–Crippen LogP) is 3.18. The van der Waals surface area contributed by atoms with E-state index in [2.05, 4.69) is 33.3 Å². The molecule has 0 bridgehead atoms. The van der Waals surface area contributed by atoms with Crippen molar-refractivity contribution < 1.29 is 0 Å². The van der Waals surface area contributed by atoms with Crippen molar-refractivity contribution in [2.45, 2.75) is 27.2 Å². The molecule has 3 heterocycles. The van der Waals surface area contributed by atoms with Gasteiger partial charge in [-0.05, 0) is 26.3 Å². The Kier molecular flexibility index (Phi) is 3.40. The standard InChI is InChI=1S/C14H17N5S/c1-4-10-8-11-12(19-7-6-16-9(19)3)17-14(15-5-2)18-13(11)20-10/h6-8H,4-5H2,1-3H3,(H,15,17,18). The molecule has 1 N–H and O–H groups in total. The number of hydrogen-bond donors (Lipinski definition) is 1. The van der Waals surface area contributed by atoms with E-state index in [1.807, 2.05) is 24.6 Å². The minimum atomic E-state index is 0.674. The summed E-state index contributed by atoms with van der Waals surface area (Å²) in [6, 6.07) is 2.19. The van der Waals surface area contributed by atoms with E-state index in [4.69, 9.17) is 0 Å². The molecule has 0 aromatic carbocycles. The van der Waals surface area contributed by atoms with E-state index < -0.39 is 0 Å². The van der Waals surface area contributed by atoms with Crippen molar-refractivity contribution in [2.75, 3.05) is 11.9 Å². The molecular weight excluding hydrogens is 270 g/mol. The second kappa shape index (κ2) is 5.20. The first kappa shape index (κ1) is 13.1. The molecule has 0 saturated heterocycles. The lowest BCUT2D eigenvalue weighted by atomic mass is 10.3. The molecule has 0 fully saturated rings. The minimum Gasteiger partial charge on any atom is -0.354 e. The third kappa shape index (κ3) is 2.16. The molecule has 0 saturated carbocycles. The molecule has 6 heteroatoms. The van der Waals surface area contributed by atoms with Gasteiger partial charge in [0.05, 0.1) is 5.39 Å². The van der Waals surface area contributed by atoms with Crippen LogP contribution in [0.15, 0.2) is 18.5 Å². The Morgan fingerprint density at radius 1 is 1.30 bits per heavy atom. The van der Waals surface area contributed by atoms with E-state index in [1.165, 1.54) is 4.88 Å². The van der Waals surface area contributed by atoms with Gasteiger partial charge in [0, 0.05) is 23.8 Å². The van der Waals surface area contributed by atoms with Crippen molar-refractivity contribution in [1.29, 1.82) is 0 Å². The Balaban J connectivity index is 2.26. The van der Waals surface area contributed by atoms with Crippen LogP contribution in [0.25, 0.3) is 16.0 Å². The highest BCUT2D eigenvalue weighted by molar-refractivity contribution is 7.18. The van der Waals surface area contributed by atoms with E-state index in [9.17, 15) is 0 Å². The lowest BCUT2D eigenvalue weighted by molar-refractivity contribution is 0.934. The predicted molar refractivity (Wildman–Crippen MR) is 82.8 cm³/mol. The van der Waals surface area contributed by atoms with Gasteiger partial charge in [-0.25, -0.2) is 9.97 Å². The van der Waals surface area contributed by atoms with Gasteiger partial charge in [0.25, 0.3) is 0 Å². The van der Waals surface area contributed by atoms with Gasteiger partial charge in [-0.2, -0.15) is 4.98 Å². The Hall–Kier alpha value is -1.95. The van der Waals surface area contributed by atoms with Gasteiger partial charge in [0.15, 0.2) is 5.82 Å². The van der Waals surface area contributed by atoms with Gasteiger partial charge in [0.2, 0.25) is 5.95 Å². The number of thiophene rings is 1. The van der Waals surface area contributed by atoms with Crippen LogP contribution >= 0.6 is 11.3 Å². The second-order valence-corrected chi connectivity index (χ2v) is 5.65. The van der Waals surface area contributed by atoms with E-state index in [0.29, 0.717) is 5.95 Å². The Morgan fingerprint density at radius 3 is 2.80 bits per heavy atom. The Bertz CT molecular complexity index is 743. The molecule has 0 aliphatic carbocycles. The summed E-state index contributed by atoms with van der Waals surface area (Å²) >= 11 is 1.73. The third-order valence-corrected chi connectivity index (χ3v) is 4.33. The largest absolute Gasteiger partial charge is 0.354 e. The fraction of sp³-hybridized carbons (Fsp3) is 0.357. The summed E-state index contributed by atoms with van der Waals surface area (Å²) in [5.41, 5.74) is 0. The van der Waals surface area contributed by atoms with Gasteiger partial charge >= 0.3 is 0 Å². The Labute approximate surface area is 121 Å². The molecule has 0 spiro atoms.